The van der Waals surface area contributed by atoms with E-state index in [-0.39, 0.29) is 0 Å². The number of benzene rings is 2. The second-order valence-electron chi connectivity index (χ2n) is 4.41. The summed E-state index contributed by atoms with van der Waals surface area (Å²) in [5, 5.41) is 22.2. The predicted molar refractivity (Wildman–Crippen MR) is 83.8 cm³/mol. The van der Waals surface area contributed by atoms with Crippen molar-refractivity contribution in [2.45, 2.75) is 5.66 Å². The molecule has 4 nitrogen and oxygen atoms in total. The summed E-state index contributed by atoms with van der Waals surface area (Å²) < 4.78 is 0. The quantitative estimate of drug-likeness (QED) is 0.582. The first-order valence-corrected chi connectivity index (χ1v) is 6.66. The molecule has 0 amide bonds. The summed E-state index contributed by atoms with van der Waals surface area (Å²) in [4.78, 5) is 0. The van der Waals surface area contributed by atoms with Gasteiger partial charge in [-0.05, 0) is 29.8 Å². The summed E-state index contributed by atoms with van der Waals surface area (Å²) in [5.74, 6) is 0. The van der Waals surface area contributed by atoms with Crippen molar-refractivity contribution in [2.24, 2.45) is 0 Å². The van der Waals surface area contributed by atoms with E-state index in [1.165, 1.54) is 0 Å². The molecule has 0 radical (unpaired) electrons. The molecular weight excluding hydrogens is 286 g/mol. The number of nitriles is 1. The number of hydroxylamine groups is 1. The number of halogens is 1. The van der Waals surface area contributed by atoms with Crippen LogP contribution in [0.1, 0.15) is 5.56 Å². The molecule has 5 heteroatoms. The van der Waals surface area contributed by atoms with Gasteiger partial charge >= 0.3 is 0 Å². The highest BCUT2D eigenvalue weighted by molar-refractivity contribution is 6.30. The summed E-state index contributed by atoms with van der Waals surface area (Å²) in [6.45, 7) is 0. The van der Waals surface area contributed by atoms with Gasteiger partial charge in [0.2, 0.25) is 5.66 Å². The van der Waals surface area contributed by atoms with Gasteiger partial charge in [0.1, 0.15) is 6.07 Å². The Morgan fingerprint density at radius 2 is 1.90 bits per heavy atom. The van der Waals surface area contributed by atoms with E-state index in [4.69, 9.17) is 11.6 Å². The van der Waals surface area contributed by atoms with E-state index in [1.54, 1.807) is 36.4 Å². The second-order valence-corrected chi connectivity index (χ2v) is 4.85. The molecule has 106 valence electrons. The van der Waals surface area contributed by atoms with Crippen LogP contribution < -0.4 is 10.8 Å². The summed E-state index contributed by atoms with van der Waals surface area (Å²) in [6.07, 6.45) is 3.28. The van der Waals surface area contributed by atoms with Gasteiger partial charge in [-0.25, -0.2) is 0 Å². The molecule has 0 fully saturated rings. The number of nitrogens with one attached hydrogen (secondary N) is 2. The summed E-state index contributed by atoms with van der Waals surface area (Å²) in [5.41, 5.74) is 2.09. The van der Waals surface area contributed by atoms with E-state index in [1.807, 2.05) is 41.9 Å². The summed E-state index contributed by atoms with van der Waals surface area (Å²) in [6, 6.07) is 18.4. The van der Waals surface area contributed by atoms with E-state index in [2.05, 4.69) is 5.32 Å². The van der Waals surface area contributed by atoms with Gasteiger partial charge in [-0.1, -0.05) is 54.1 Å². The number of nitrogens with zero attached hydrogens (tertiary/aromatic N) is 1. The van der Waals surface area contributed by atoms with Crippen LogP contribution in [0.4, 0.5) is 5.69 Å². The lowest BCUT2D eigenvalue weighted by molar-refractivity contribution is 0.127. The van der Waals surface area contributed by atoms with Crippen LogP contribution in [-0.4, -0.2) is 10.9 Å². The zero-order valence-electron chi connectivity index (χ0n) is 11.1. The maximum Gasteiger partial charge on any atom is 0.219 e. The molecular formula is C16H14ClN3O. The lowest BCUT2D eigenvalue weighted by atomic mass is 10.1. The van der Waals surface area contributed by atoms with E-state index in [9.17, 15) is 10.5 Å². The monoisotopic (exact) mass is 299 g/mol. The minimum Gasteiger partial charge on any atom is -0.351 e. The van der Waals surface area contributed by atoms with Gasteiger partial charge in [-0.3, -0.25) is 0 Å². The van der Waals surface area contributed by atoms with Crippen molar-refractivity contribution in [3.8, 4) is 6.07 Å². The second kappa shape index (κ2) is 6.91. The fourth-order valence-electron chi connectivity index (χ4n) is 1.78. The average molecular weight is 300 g/mol. The molecule has 0 aliphatic carbocycles. The number of anilines is 1. The number of rotatable bonds is 5. The minimum atomic E-state index is -1.44. The van der Waals surface area contributed by atoms with Gasteiger partial charge < -0.3 is 10.5 Å². The largest absolute Gasteiger partial charge is 0.351 e. The summed E-state index contributed by atoms with van der Waals surface area (Å²) in [7, 11) is 0. The first kappa shape index (κ1) is 15.1. The highest BCUT2D eigenvalue weighted by Crippen LogP contribution is 2.19. The molecule has 3 N–H and O–H groups in total. The molecule has 0 aliphatic heterocycles. The highest BCUT2D eigenvalue weighted by atomic mass is 35.5. The van der Waals surface area contributed by atoms with Crippen LogP contribution in [0, 0.1) is 11.3 Å². The summed E-state index contributed by atoms with van der Waals surface area (Å²) >= 11 is 5.91. The van der Waals surface area contributed by atoms with Crippen LogP contribution in [0.5, 0.6) is 0 Å². The molecule has 0 saturated heterocycles. The van der Waals surface area contributed by atoms with E-state index in [0.29, 0.717) is 10.7 Å². The van der Waals surface area contributed by atoms with Crippen molar-refractivity contribution < 1.29 is 5.21 Å². The predicted octanol–water partition coefficient (Wildman–Crippen LogP) is 3.66. The fraction of sp³-hybridized carbons (Fsp3) is 0.0625. The van der Waals surface area contributed by atoms with Crippen LogP contribution in [0.2, 0.25) is 5.02 Å². The number of hydrogen-bond donors (Lipinski definition) is 3. The molecule has 0 saturated carbocycles. The highest BCUT2D eigenvalue weighted by Gasteiger charge is 2.25. The third-order valence-corrected chi connectivity index (χ3v) is 3.08. The minimum absolute atomic E-state index is 0.539. The third-order valence-electron chi connectivity index (χ3n) is 2.84. The van der Waals surface area contributed by atoms with Gasteiger partial charge in [0.25, 0.3) is 0 Å². The Morgan fingerprint density at radius 3 is 2.52 bits per heavy atom. The molecule has 21 heavy (non-hydrogen) atoms. The van der Waals surface area contributed by atoms with E-state index < -0.39 is 5.66 Å². The van der Waals surface area contributed by atoms with Crippen LogP contribution in [0.15, 0.2) is 60.7 Å². The molecule has 0 aromatic heterocycles. The Kier molecular flexibility index (Phi) is 4.96. The third kappa shape index (κ3) is 4.07. The first-order valence-electron chi connectivity index (χ1n) is 6.28. The molecule has 0 bridgehead atoms. The van der Waals surface area contributed by atoms with Crippen LogP contribution in [-0.2, 0) is 0 Å². The van der Waals surface area contributed by atoms with E-state index in [0.717, 1.165) is 5.56 Å². The van der Waals surface area contributed by atoms with Gasteiger partial charge in [-0.2, -0.15) is 10.7 Å². The molecule has 0 spiro atoms. The Bertz CT molecular complexity index is 667. The zero-order chi connectivity index (χ0) is 15.1. The van der Waals surface area contributed by atoms with Gasteiger partial charge in [0.05, 0.1) is 0 Å². The fourth-order valence-corrected chi connectivity index (χ4v) is 1.97. The molecule has 2 rings (SSSR count). The average Bonchev–Trinajstić information content (AvgIpc) is 2.53. The zero-order valence-corrected chi connectivity index (χ0v) is 11.9. The van der Waals surface area contributed by atoms with Crippen molar-refractivity contribution in [3.63, 3.8) is 0 Å². The Morgan fingerprint density at radius 1 is 1.14 bits per heavy atom. The topological polar surface area (TPSA) is 68.1 Å². The van der Waals surface area contributed by atoms with Crippen molar-refractivity contribution in [1.29, 1.82) is 5.26 Å². The van der Waals surface area contributed by atoms with E-state index >= 15 is 0 Å². The standard InChI is InChI=1S/C16H14ClN3O/c17-14-7-4-8-15(11-14)19-16(12-18,20-21)10-9-13-5-2-1-3-6-13/h1-11,19-21H/b10-9-/t16-/m0/s1. The van der Waals surface area contributed by atoms with Crippen LogP contribution >= 0.6 is 11.6 Å². The van der Waals surface area contributed by atoms with Crippen molar-refractivity contribution in [1.82, 2.24) is 5.48 Å². The van der Waals surface area contributed by atoms with Crippen molar-refractivity contribution in [3.05, 3.63) is 71.3 Å². The van der Waals surface area contributed by atoms with Crippen LogP contribution in [0.25, 0.3) is 6.08 Å². The van der Waals surface area contributed by atoms with Gasteiger partial charge in [-0.15, -0.1) is 0 Å². The number of hydrogen-bond acceptors (Lipinski definition) is 4. The molecule has 2 aromatic rings. The Hall–Kier alpha value is -2.32. The Labute approximate surface area is 128 Å². The van der Waals surface area contributed by atoms with Crippen LogP contribution in [0.3, 0.4) is 0 Å². The SMILES string of the molecule is N#C[C@](/C=C\c1ccccc1)(NO)Nc1cccc(Cl)c1. The Balaban J connectivity index is 2.24. The lowest BCUT2D eigenvalue weighted by Crippen LogP contribution is -2.47. The normalized spacial score (nSPS) is 13.6. The van der Waals surface area contributed by atoms with Crippen molar-refractivity contribution >= 4 is 23.4 Å². The van der Waals surface area contributed by atoms with Crippen molar-refractivity contribution in [2.75, 3.05) is 5.32 Å². The molecule has 0 unspecified atom stereocenters. The van der Waals surface area contributed by atoms with Gasteiger partial charge in [0, 0.05) is 10.7 Å². The maximum absolute atomic E-state index is 9.37. The molecule has 0 aliphatic rings. The molecule has 2 aromatic carbocycles. The smallest absolute Gasteiger partial charge is 0.219 e. The lowest BCUT2D eigenvalue weighted by Gasteiger charge is -2.23. The van der Waals surface area contributed by atoms with Gasteiger partial charge in [0.15, 0.2) is 0 Å². The maximum atomic E-state index is 9.37. The first-order chi connectivity index (χ1) is 10.2. The molecule has 1 atom stereocenters. The molecule has 0 heterocycles.